The molecule has 0 radical (unpaired) electrons. The summed E-state index contributed by atoms with van der Waals surface area (Å²) in [5.41, 5.74) is 1.49. The predicted molar refractivity (Wildman–Crippen MR) is 108 cm³/mol. The molecule has 1 N–H and O–H groups in total. The van der Waals surface area contributed by atoms with Gasteiger partial charge in [-0.2, -0.15) is 0 Å². The Hall–Kier alpha value is -1.54. The van der Waals surface area contributed by atoms with Crippen LogP contribution in [0.3, 0.4) is 0 Å². The van der Waals surface area contributed by atoms with Crippen molar-refractivity contribution in [3.8, 4) is 0 Å². The van der Waals surface area contributed by atoms with E-state index in [0.29, 0.717) is 4.47 Å². The van der Waals surface area contributed by atoms with Crippen LogP contribution in [0.5, 0.6) is 0 Å². The largest absolute Gasteiger partial charge is 0.322 e. The van der Waals surface area contributed by atoms with Gasteiger partial charge in [-0.3, -0.25) is 9.69 Å². The van der Waals surface area contributed by atoms with E-state index in [1.807, 2.05) is 6.07 Å². The first-order valence-corrected chi connectivity index (χ1v) is 10.8. The van der Waals surface area contributed by atoms with E-state index in [2.05, 4.69) is 49.0 Å². The first-order valence-electron chi connectivity index (χ1n) is 8.20. The highest BCUT2D eigenvalue weighted by Gasteiger charge is 2.31. The molecule has 1 atom stereocenters. The molecule has 4 rings (SSSR count). The third-order valence-electron chi connectivity index (χ3n) is 4.43. The number of fused-ring (bicyclic) bond motifs is 1. The molecule has 1 amide bonds. The number of thiophene rings is 2. The van der Waals surface area contributed by atoms with Gasteiger partial charge in [0.05, 0.1) is 18.3 Å². The molecule has 1 aliphatic heterocycles. The van der Waals surface area contributed by atoms with Crippen LogP contribution < -0.4 is 5.32 Å². The fourth-order valence-electron chi connectivity index (χ4n) is 3.28. The second-order valence-corrected chi connectivity index (χ2v) is 9.01. The maximum atomic E-state index is 14.0. The van der Waals surface area contributed by atoms with Gasteiger partial charge in [0.1, 0.15) is 5.82 Å². The number of halogens is 2. The molecule has 134 valence electrons. The number of rotatable bonds is 4. The molecule has 0 fully saturated rings. The summed E-state index contributed by atoms with van der Waals surface area (Å²) in [6.45, 7) is 1.04. The summed E-state index contributed by atoms with van der Waals surface area (Å²) in [5.74, 6) is -0.646. The van der Waals surface area contributed by atoms with E-state index in [0.717, 1.165) is 13.0 Å². The van der Waals surface area contributed by atoms with E-state index in [1.165, 1.54) is 21.4 Å². The van der Waals surface area contributed by atoms with E-state index in [1.54, 1.807) is 34.8 Å². The molecule has 0 saturated heterocycles. The van der Waals surface area contributed by atoms with Crippen molar-refractivity contribution in [2.24, 2.45) is 0 Å². The molecule has 0 saturated carbocycles. The van der Waals surface area contributed by atoms with Gasteiger partial charge in [0.15, 0.2) is 0 Å². The highest BCUT2D eigenvalue weighted by molar-refractivity contribution is 9.10. The fourth-order valence-corrected chi connectivity index (χ4v) is 5.40. The third-order valence-corrected chi connectivity index (χ3v) is 6.84. The molecule has 1 aromatic carbocycles. The number of carbonyl (C=O) groups excluding carboxylic acids is 1. The summed E-state index contributed by atoms with van der Waals surface area (Å²) in [5, 5.41) is 6.88. The normalized spacial score (nSPS) is 17.1. The second kappa shape index (κ2) is 7.60. The van der Waals surface area contributed by atoms with Gasteiger partial charge in [0, 0.05) is 20.8 Å². The van der Waals surface area contributed by atoms with Gasteiger partial charge in [0.25, 0.3) is 0 Å². The van der Waals surface area contributed by atoms with E-state index in [4.69, 9.17) is 0 Å². The van der Waals surface area contributed by atoms with Crippen molar-refractivity contribution < 1.29 is 9.18 Å². The Bertz CT molecular complexity index is 926. The minimum absolute atomic E-state index is 0.0884. The van der Waals surface area contributed by atoms with Crippen molar-refractivity contribution >= 4 is 50.2 Å². The Kier molecular flexibility index (Phi) is 5.22. The zero-order chi connectivity index (χ0) is 18.1. The molecule has 0 bridgehead atoms. The SMILES string of the molecule is O=C(CN1CCc2sccc2C1c1cccs1)Nc1ccc(Br)cc1F. The van der Waals surface area contributed by atoms with Crippen LogP contribution in [-0.4, -0.2) is 23.9 Å². The second-order valence-electron chi connectivity index (χ2n) is 6.11. The highest BCUT2D eigenvalue weighted by Crippen LogP contribution is 2.39. The zero-order valence-electron chi connectivity index (χ0n) is 13.7. The highest BCUT2D eigenvalue weighted by atomic mass is 79.9. The Morgan fingerprint density at radius 2 is 2.15 bits per heavy atom. The molecule has 3 nitrogen and oxygen atoms in total. The molecule has 2 aromatic heterocycles. The van der Waals surface area contributed by atoms with Crippen LogP contribution in [-0.2, 0) is 11.2 Å². The molecular formula is C19H16BrFN2OS2. The lowest BCUT2D eigenvalue weighted by atomic mass is 9.98. The Morgan fingerprint density at radius 3 is 2.92 bits per heavy atom. The topological polar surface area (TPSA) is 32.3 Å². The molecule has 1 unspecified atom stereocenters. The lowest BCUT2D eigenvalue weighted by Gasteiger charge is -2.34. The van der Waals surface area contributed by atoms with Gasteiger partial charge in [-0.25, -0.2) is 4.39 Å². The Labute approximate surface area is 167 Å². The number of nitrogens with one attached hydrogen (secondary N) is 1. The lowest BCUT2D eigenvalue weighted by molar-refractivity contribution is -0.117. The summed E-state index contributed by atoms with van der Waals surface area (Å²) >= 11 is 6.70. The van der Waals surface area contributed by atoms with Gasteiger partial charge in [0.2, 0.25) is 5.91 Å². The smallest absolute Gasteiger partial charge is 0.238 e. The van der Waals surface area contributed by atoms with E-state index < -0.39 is 5.82 Å². The summed E-state index contributed by atoms with van der Waals surface area (Å²) < 4.78 is 14.6. The molecule has 3 aromatic rings. The van der Waals surface area contributed by atoms with Gasteiger partial charge < -0.3 is 5.32 Å². The van der Waals surface area contributed by atoms with Gasteiger partial charge in [-0.05, 0) is 53.1 Å². The number of anilines is 1. The monoisotopic (exact) mass is 450 g/mol. The molecular weight excluding hydrogens is 435 g/mol. The fraction of sp³-hybridized carbons (Fsp3) is 0.211. The van der Waals surface area contributed by atoms with E-state index >= 15 is 0 Å². The maximum Gasteiger partial charge on any atom is 0.238 e. The zero-order valence-corrected chi connectivity index (χ0v) is 17.0. The standard InChI is InChI=1S/C19H16BrFN2OS2/c20-12-3-4-15(14(21)10-12)22-18(24)11-23-7-5-16-13(6-9-26-16)19(23)17-2-1-8-25-17/h1-4,6,8-10,19H,5,7,11H2,(H,22,24). The average molecular weight is 451 g/mol. The van der Waals surface area contributed by atoms with Crippen LogP contribution in [0.2, 0.25) is 0 Å². The van der Waals surface area contributed by atoms with Crippen LogP contribution in [0.15, 0.2) is 51.6 Å². The number of hydrogen-bond donors (Lipinski definition) is 1. The summed E-state index contributed by atoms with van der Waals surface area (Å²) in [6.07, 6.45) is 0.939. The van der Waals surface area contributed by atoms with Gasteiger partial charge >= 0.3 is 0 Å². The molecule has 0 spiro atoms. The van der Waals surface area contributed by atoms with Gasteiger partial charge in [-0.1, -0.05) is 22.0 Å². The number of amides is 1. The van der Waals surface area contributed by atoms with Crippen molar-refractivity contribution in [1.82, 2.24) is 4.90 Å². The van der Waals surface area contributed by atoms with E-state index in [-0.39, 0.29) is 24.2 Å². The van der Waals surface area contributed by atoms with Crippen molar-refractivity contribution in [2.75, 3.05) is 18.4 Å². The number of nitrogens with zero attached hydrogens (tertiary/aromatic N) is 1. The molecule has 3 heterocycles. The van der Waals surface area contributed by atoms with Crippen LogP contribution in [0.1, 0.15) is 21.4 Å². The first-order chi connectivity index (χ1) is 12.6. The molecule has 26 heavy (non-hydrogen) atoms. The summed E-state index contributed by atoms with van der Waals surface area (Å²) in [6, 6.07) is 11.0. The van der Waals surface area contributed by atoms with Crippen molar-refractivity contribution in [3.63, 3.8) is 0 Å². The van der Waals surface area contributed by atoms with Crippen molar-refractivity contribution in [2.45, 2.75) is 12.5 Å². The quantitative estimate of drug-likeness (QED) is 0.584. The lowest BCUT2D eigenvalue weighted by Crippen LogP contribution is -2.40. The van der Waals surface area contributed by atoms with E-state index in [9.17, 15) is 9.18 Å². The third kappa shape index (κ3) is 3.62. The number of benzene rings is 1. The van der Waals surface area contributed by atoms with Crippen LogP contribution in [0.25, 0.3) is 0 Å². The summed E-state index contributed by atoms with van der Waals surface area (Å²) in [7, 11) is 0. The van der Waals surface area contributed by atoms with Crippen LogP contribution >= 0.6 is 38.6 Å². The molecule has 7 heteroatoms. The Morgan fingerprint density at radius 1 is 1.27 bits per heavy atom. The van der Waals surface area contributed by atoms with Gasteiger partial charge in [-0.15, -0.1) is 22.7 Å². The molecule has 1 aliphatic rings. The first kappa shape index (κ1) is 17.9. The van der Waals surface area contributed by atoms with Crippen LogP contribution in [0, 0.1) is 5.82 Å². The number of carbonyl (C=O) groups is 1. The van der Waals surface area contributed by atoms with Crippen molar-refractivity contribution in [1.29, 1.82) is 0 Å². The maximum absolute atomic E-state index is 14.0. The number of hydrogen-bond acceptors (Lipinski definition) is 4. The van der Waals surface area contributed by atoms with Crippen molar-refractivity contribution in [3.05, 3.63) is 72.8 Å². The van der Waals surface area contributed by atoms with Crippen LogP contribution in [0.4, 0.5) is 10.1 Å². The predicted octanol–water partition coefficient (Wildman–Crippen LogP) is 5.30. The minimum Gasteiger partial charge on any atom is -0.322 e. The Balaban J connectivity index is 1.54. The summed E-state index contributed by atoms with van der Waals surface area (Å²) in [4.78, 5) is 17.3. The minimum atomic E-state index is -0.443. The molecule has 0 aliphatic carbocycles. The average Bonchev–Trinajstić information content (AvgIpc) is 3.28.